The van der Waals surface area contributed by atoms with Gasteiger partial charge in [0.15, 0.2) is 5.78 Å². The van der Waals surface area contributed by atoms with Gasteiger partial charge in [0.05, 0.1) is 10.1 Å². The Kier molecular flexibility index (Phi) is 7.43. The maximum atomic E-state index is 12.7. The van der Waals surface area contributed by atoms with Crippen LogP contribution in [0.1, 0.15) is 40.3 Å². The van der Waals surface area contributed by atoms with Crippen LogP contribution in [0.5, 0.6) is 0 Å². The van der Waals surface area contributed by atoms with Crippen LogP contribution in [0, 0.1) is 0 Å². The number of amides is 2. The van der Waals surface area contributed by atoms with Crippen molar-refractivity contribution in [2.75, 3.05) is 10.6 Å². The first-order valence-electron chi connectivity index (χ1n) is 9.49. The lowest BCUT2D eigenvalue weighted by molar-refractivity contribution is -0.115. The number of thioether (sulfide) groups is 1. The van der Waals surface area contributed by atoms with Crippen molar-refractivity contribution in [1.29, 1.82) is 0 Å². The van der Waals surface area contributed by atoms with E-state index in [2.05, 4.69) is 10.6 Å². The summed E-state index contributed by atoms with van der Waals surface area (Å²) in [6.07, 6.45) is 0.647. The maximum Gasteiger partial charge on any atom is 0.265 e. The number of thiophene rings is 1. The van der Waals surface area contributed by atoms with Gasteiger partial charge in [-0.05, 0) is 67.3 Å². The van der Waals surface area contributed by atoms with Gasteiger partial charge in [-0.25, -0.2) is 0 Å². The number of hydrogen-bond acceptors (Lipinski definition) is 5. The monoisotopic (exact) mass is 438 g/mol. The summed E-state index contributed by atoms with van der Waals surface area (Å²) in [5, 5.41) is 7.36. The van der Waals surface area contributed by atoms with Gasteiger partial charge in [-0.3, -0.25) is 14.4 Å². The second kappa shape index (κ2) is 10.2. The molecular formula is C23H22N2O3S2. The summed E-state index contributed by atoms with van der Waals surface area (Å²) in [4.78, 5) is 37.9. The van der Waals surface area contributed by atoms with Gasteiger partial charge in [-0.2, -0.15) is 0 Å². The van der Waals surface area contributed by atoms with Gasteiger partial charge in [0.25, 0.3) is 5.91 Å². The average molecular weight is 439 g/mol. The predicted octanol–water partition coefficient (Wildman–Crippen LogP) is 5.71. The Hall–Kier alpha value is -2.90. The molecule has 0 radical (unpaired) electrons. The third-order valence-corrected chi connectivity index (χ3v) is 6.56. The number of anilines is 2. The predicted molar refractivity (Wildman–Crippen MR) is 124 cm³/mol. The Morgan fingerprint density at radius 1 is 0.967 bits per heavy atom. The Morgan fingerprint density at radius 2 is 1.73 bits per heavy atom. The molecule has 7 heteroatoms. The van der Waals surface area contributed by atoms with Crippen molar-refractivity contribution < 1.29 is 14.4 Å². The van der Waals surface area contributed by atoms with Gasteiger partial charge in [0, 0.05) is 21.8 Å². The first kappa shape index (κ1) is 21.8. The highest BCUT2D eigenvalue weighted by molar-refractivity contribution is 8.00. The molecule has 0 fully saturated rings. The van der Waals surface area contributed by atoms with Crippen molar-refractivity contribution in [2.24, 2.45) is 0 Å². The molecule has 0 aliphatic carbocycles. The number of hydrogen-bond donors (Lipinski definition) is 2. The molecule has 2 N–H and O–H groups in total. The summed E-state index contributed by atoms with van der Waals surface area (Å²) in [6, 6.07) is 17.9. The zero-order valence-electron chi connectivity index (χ0n) is 16.7. The SMILES string of the molecule is CCC(Sc1cccc(NC(=O)c2cccs2)c1)C(=O)Nc1ccc(C(C)=O)cc1. The van der Waals surface area contributed by atoms with E-state index in [9.17, 15) is 14.4 Å². The summed E-state index contributed by atoms with van der Waals surface area (Å²) in [5.41, 5.74) is 1.95. The molecule has 3 rings (SSSR count). The third kappa shape index (κ3) is 5.81. The van der Waals surface area contributed by atoms with E-state index in [1.165, 1.54) is 30.0 Å². The molecule has 0 bridgehead atoms. The quantitative estimate of drug-likeness (QED) is 0.349. The Balaban J connectivity index is 1.63. The molecule has 3 aromatic rings. The third-order valence-electron chi connectivity index (χ3n) is 4.34. The van der Waals surface area contributed by atoms with Crippen molar-refractivity contribution in [1.82, 2.24) is 0 Å². The highest BCUT2D eigenvalue weighted by Gasteiger charge is 2.18. The lowest BCUT2D eigenvalue weighted by Gasteiger charge is -2.15. The second-order valence-electron chi connectivity index (χ2n) is 6.60. The van der Waals surface area contributed by atoms with Crippen LogP contribution in [0.3, 0.4) is 0 Å². The first-order chi connectivity index (χ1) is 14.5. The van der Waals surface area contributed by atoms with Gasteiger partial charge in [-0.15, -0.1) is 23.1 Å². The van der Waals surface area contributed by atoms with E-state index < -0.39 is 0 Å². The number of ketones is 1. The molecule has 1 unspecified atom stereocenters. The van der Waals surface area contributed by atoms with Gasteiger partial charge < -0.3 is 10.6 Å². The normalized spacial score (nSPS) is 11.5. The van der Waals surface area contributed by atoms with Crippen LogP contribution < -0.4 is 10.6 Å². The van der Waals surface area contributed by atoms with Crippen molar-refractivity contribution in [3.63, 3.8) is 0 Å². The molecule has 5 nitrogen and oxygen atoms in total. The molecular weight excluding hydrogens is 416 g/mol. The highest BCUT2D eigenvalue weighted by Crippen LogP contribution is 2.29. The zero-order chi connectivity index (χ0) is 21.5. The largest absolute Gasteiger partial charge is 0.325 e. The van der Waals surface area contributed by atoms with Crippen LogP contribution in [0.2, 0.25) is 0 Å². The Labute approximate surface area is 183 Å². The van der Waals surface area contributed by atoms with Crippen molar-refractivity contribution in [3.05, 3.63) is 76.5 Å². The van der Waals surface area contributed by atoms with E-state index >= 15 is 0 Å². The van der Waals surface area contributed by atoms with Crippen molar-refractivity contribution in [3.8, 4) is 0 Å². The van der Waals surface area contributed by atoms with Crippen LogP contribution in [-0.4, -0.2) is 22.8 Å². The molecule has 1 heterocycles. The number of benzene rings is 2. The lowest BCUT2D eigenvalue weighted by atomic mass is 10.1. The molecule has 0 saturated heterocycles. The standard InChI is InChI=1S/C23H22N2O3S2/c1-3-20(22(27)24-17-11-9-16(10-12-17)15(2)26)30-19-7-4-6-18(14-19)25-23(28)21-8-5-13-29-21/h4-14,20H,3H2,1-2H3,(H,24,27)(H,25,28). The van der Waals surface area contributed by atoms with E-state index in [0.29, 0.717) is 28.2 Å². The summed E-state index contributed by atoms with van der Waals surface area (Å²) in [6.45, 7) is 3.47. The number of rotatable bonds is 8. The number of carbonyl (C=O) groups is 3. The minimum Gasteiger partial charge on any atom is -0.325 e. The molecule has 0 saturated carbocycles. The number of carbonyl (C=O) groups excluding carboxylic acids is 3. The summed E-state index contributed by atoms with van der Waals surface area (Å²) >= 11 is 2.84. The molecule has 1 aromatic heterocycles. The Bertz CT molecular complexity index is 1030. The average Bonchev–Trinajstić information content (AvgIpc) is 3.28. The number of Topliss-reactive ketones (excluding diaryl/α,β-unsaturated/α-hetero) is 1. The summed E-state index contributed by atoms with van der Waals surface area (Å²) < 4.78 is 0. The minimum atomic E-state index is -0.291. The van der Waals surface area contributed by atoms with E-state index in [-0.39, 0.29) is 22.8 Å². The van der Waals surface area contributed by atoms with Crippen LogP contribution in [-0.2, 0) is 4.79 Å². The minimum absolute atomic E-state index is 0.0130. The van der Waals surface area contributed by atoms with Gasteiger partial charge in [0.2, 0.25) is 5.91 Å². The van der Waals surface area contributed by atoms with Crippen LogP contribution in [0.15, 0.2) is 70.9 Å². The first-order valence-corrected chi connectivity index (χ1v) is 11.3. The van der Waals surface area contributed by atoms with E-state index in [4.69, 9.17) is 0 Å². The van der Waals surface area contributed by atoms with Crippen molar-refractivity contribution in [2.45, 2.75) is 30.4 Å². The molecule has 2 amide bonds. The van der Waals surface area contributed by atoms with Gasteiger partial charge in [-0.1, -0.05) is 19.1 Å². The summed E-state index contributed by atoms with van der Waals surface area (Å²) in [5.74, 6) is -0.266. The molecule has 0 aliphatic heterocycles. The van der Waals surface area contributed by atoms with Crippen LogP contribution >= 0.6 is 23.1 Å². The number of nitrogens with one attached hydrogen (secondary N) is 2. The lowest BCUT2D eigenvalue weighted by Crippen LogP contribution is -2.24. The smallest absolute Gasteiger partial charge is 0.265 e. The van der Waals surface area contributed by atoms with Crippen LogP contribution in [0.4, 0.5) is 11.4 Å². The fourth-order valence-corrected chi connectivity index (χ4v) is 4.38. The molecule has 0 spiro atoms. The van der Waals surface area contributed by atoms with Crippen molar-refractivity contribution >= 4 is 52.1 Å². The fourth-order valence-electron chi connectivity index (χ4n) is 2.75. The molecule has 154 valence electrons. The molecule has 0 aliphatic rings. The van der Waals surface area contributed by atoms with E-state index in [1.807, 2.05) is 42.6 Å². The van der Waals surface area contributed by atoms with Gasteiger partial charge >= 0.3 is 0 Å². The Morgan fingerprint density at radius 3 is 2.37 bits per heavy atom. The molecule has 1 atom stereocenters. The van der Waals surface area contributed by atoms with Gasteiger partial charge in [0.1, 0.15) is 0 Å². The van der Waals surface area contributed by atoms with E-state index in [0.717, 1.165) is 4.90 Å². The topological polar surface area (TPSA) is 75.3 Å². The highest BCUT2D eigenvalue weighted by atomic mass is 32.2. The van der Waals surface area contributed by atoms with E-state index in [1.54, 1.807) is 30.3 Å². The molecule has 30 heavy (non-hydrogen) atoms. The fraction of sp³-hybridized carbons (Fsp3) is 0.174. The second-order valence-corrected chi connectivity index (χ2v) is 8.82. The summed E-state index contributed by atoms with van der Waals surface area (Å²) in [7, 11) is 0. The maximum absolute atomic E-state index is 12.7. The zero-order valence-corrected chi connectivity index (χ0v) is 18.3. The molecule has 2 aromatic carbocycles. The van der Waals surface area contributed by atoms with Crippen LogP contribution in [0.25, 0.3) is 0 Å².